The van der Waals surface area contributed by atoms with Crippen molar-refractivity contribution in [1.29, 1.82) is 0 Å². The molecule has 0 atom stereocenters. The van der Waals surface area contributed by atoms with Crippen molar-refractivity contribution < 1.29 is 9.72 Å². The predicted molar refractivity (Wildman–Crippen MR) is 78.7 cm³/mol. The first kappa shape index (κ1) is 15.9. The summed E-state index contributed by atoms with van der Waals surface area (Å²) in [7, 11) is 0. The number of carbonyl (C=O) groups is 1. The second-order valence-electron chi connectivity index (χ2n) is 4.54. The van der Waals surface area contributed by atoms with E-state index in [4.69, 9.17) is 0 Å². The third-order valence-electron chi connectivity index (χ3n) is 2.84. The van der Waals surface area contributed by atoms with Crippen LogP contribution < -0.4 is 10.6 Å². The number of carbonyl (C=O) groups excluding carboxylic acids is 1. The van der Waals surface area contributed by atoms with Gasteiger partial charge in [0.05, 0.1) is 4.92 Å². The number of anilines is 1. The monoisotopic (exact) mass is 279 g/mol. The van der Waals surface area contributed by atoms with Crippen LogP contribution in [0.3, 0.4) is 0 Å². The van der Waals surface area contributed by atoms with Crippen molar-refractivity contribution in [3.8, 4) is 0 Å². The fourth-order valence-electron chi connectivity index (χ4n) is 1.68. The molecule has 1 rings (SSSR count). The van der Waals surface area contributed by atoms with Gasteiger partial charge in [-0.2, -0.15) is 0 Å². The van der Waals surface area contributed by atoms with Crippen molar-refractivity contribution in [2.75, 3.05) is 18.4 Å². The van der Waals surface area contributed by atoms with Crippen molar-refractivity contribution in [3.05, 3.63) is 34.4 Å². The van der Waals surface area contributed by atoms with E-state index in [1.165, 1.54) is 12.1 Å². The van der Waals surface area contributed by atoms with Gasteiger partial charge >= 0.3 is 0 Å². The van der Waals surface area contributed by atoms with Gasteiger partial charge in [-0.3, -0.25) is 14.9 Å². The number of rotatable bonds is 9. The van der Waals surface area contributed by atoms with Crippen LogP contribution in [0.15, 0.2) is 24.3 Å². The number of benzene rings is 1. The van der Waals surface area contributed by atoms with Gasteiger partial charge in [-0.05, 0) is 25.0 Å². The summed E-state index contributed by atoms with van der Waals surface area (Å²) in [5.74, 6) is 0.0731. The van der Waals surface area contributed by atoms with Crippen LogP contribution in [0.25, 0.3) is 0 Å². The van der Waals surface area contributed by atoms with Crippen LogP contribution in [0, 0.1) is 10.1 Å². The highest BCUT2D eigenvalue weighted by atomic mass is 16.6. The Hall–Kier alpha value is -2.11. The molecule has 0 unspecified atom stereocenters. The molecular formula is C14H21N3O3. The second kappa shape index (κ2) is 8.90. The number of hydrogen-bond donors (Lipinski definition) is 2. The van der Waals surface area contributed by atoms with Gasteiger partial charge in [-0.15, -0.1) is 0 Å². The summed E-state index contributed by atoms with van der Waals surface area (Å²) in [5, 5.41) is 16.5. The number of amides is 1. The van der Waals surface area contributed by atoms with Crippen LogP contribution >= 0.6 is 0 Å². The minimum Gasteiger partial charge on any atom is -0.385 e. The van der Waals surface area contributed by atoms with Gasteiger partial charge in [-0.25, -0.2) is 0 Å². The third kappa shape index (κ3) is 6.17. The summed E-state index contributed by atoms with van der Waals surface area (Å²) in [5.41, 5.74) is 0.896. The summed E-state index contributed by atoms with van der Waals surface area (Å²) in [6, 6.07) is 6.25. The molecule has 0 aliphatic heterocycles. The average molecular weight is 279 g/mol. The Morgan fingerprint density at radius 2 is 1.90 bits per heavy atom. The van der Waals surface area contributed by atoms with Crippen molar-refractivity contribution >= 4 is 17.3 Å². The lowest BCUT2D eigenvalue weighted by Gasteiger charge is -2.06. The summed E-state index contributed by atoms with van der Waals surface area (Å²) < 4.78 is 0. The van der Waals surface area contributed by atoms with Crippen LogP contribution in [0.5, 0.6) is 0 Å². The minimum atomic E-state index is -0.426. The molecule has 2 N–H and O–H groups in total. The molecule has 6 heteroatoms. The van der Waals surface area contributed by atoms with E-state index < -0.39 is 4.92 Å². The van der Waals surface area contributed by atoms with Gasteiger partial charge < -0.3 is 10.6 Å². The van der Waals surface area contributed by atoms with E-state index in [1.54, 1.807) is 12.1 Å². The minimum absolute atomic E-state index is 0.0731. The topological polar surface area (TPSA) is 84.3 Å². The molecule has 0 aromatic heterocycles. The SMILES string of the molecule is CCCCNC(=O)CCCNc1ccc([N+](=O)[O-])cc1. The highest BCUT2D eigenvalue weighted by molar-refractivity contribution is 5.75. The number of unbranched alkanes of at least 4 members (excludes halogenated alkanes) is 1. The maximum absolute atomic E-state index is 11.4. The molecule has 0 bridgehead atoms. The number of nitro groups is 1. The van der Waals surface area contributed by atoms with E-state index in [9.17, 15) is 14.9 Å². The van der Waals surface area contributed by atoms with Gasteiger partial charge in [0.2, 0.25) is 5.91 Å². The van der Waals surface area contributed by atoms with E-state index in [0.717, 1.165) is 31.5 Å². The maximum atomic E-state index is 11.4. The molecule has 1 aromatic carbocycles. The molecule has 1 aromatic rings. The number of hydrogen-bond acceptors (Lipinski definition) is 4. The Bertz CT molecular complexity index is 432. The average Bonchev–Trinajstić information content (AvgIpc) is 2.44. The molecule has 0 aliphatic carbocycles. The molecule has 0 heterocycles. The third-order valence-corrected chi connectivity index (χ3v) is 2.84. The summed E-state index contributed by atoms with van der Waals surface area (Å²) >= 11 is 0. The molecule has 0 fully saturated rings. The molecule has 0 spiro atoms. The fraction of sp³-hybridized carbons (Fsp3) is 0.500. The van der Waals surface area contributed by atoms with Gasteiger partial charge in [0.1, 0.15) is 0 Å². The molecule has 110 valence electrons. The van der Waals surface area contributed by atoms with Crippen LogP contribution in [0.1, 0.15) is 32.6 Å². The first-order chi connectivity index (χ1) is 9.63. The zero-order valence-electron chi connectivity index (χ0n) is 11.7. The highest BCUT2D eigenvalue weighted by Gasteiger charge is 2.04. The van der Waals surface area contributed by atoms with Crippen molar-refractivity contribution in [1.82, 2.24) is 5.32 Å². The van der Waals surface area contributed by atoms with Crippen LogP contribution in [0.4, 0.5) is 11.4 Å². The van der Waals surface area contributed by atoms with Crippen molar-refractivity contribution in [2.24, 2.45) is 0 Å². The molecular weight excluding hydrogens is 258 g/mol. The normalized spacial score (nSPS) is 10.1. The highest BCUT2D eigenvalue weighted by Crippen LogP contribution is 2.15. The largest absolute Gasteiger partial charge is 0.385 e. The first-order valence-electron chi connectivity index (χ1n) is 6.88. The molecule has 6 nitrogen and oxygen atoms in total. The Morgan fingerprint density at radius 1 is 1.20 bits per heavy atom. The molecule has 1 amide bonds. The standard InChI is InChI=1S/C14H21N3O3/c1-2-3-10-16-14(18)5-4-11-15-12-6-8-13(9-7-12)17(19)20/h6-9,15H,2-5,10-11H2,1H3,(H,16,18). The van der Waals surface area contributed by atoms with Crippen LogP contribution in [-0.2, 0) is 4.79 Å². The lowest BCUT2D eigenvalue weighted by atomic mass is 10.2. The molecule has 20 heavy (non-hydrogen) atoms. The fourth-order valence-corrected chi connectivity index (χ4v) is 1.68. The van der Waals surface area contributed by atoms with Crippen LogP contribution in [-0.4, -0.2) is 23.9 Å². The predicted octanol–water partition coefficient (Wildman–Crippen LogP) is 2.70. The van der Waals surface area contributed by atoms with Gasteiger partial charge in [-0.1, -0.05) is 13.3 Å². The van der Waals surface area contributed by atoms with E-state index in [0.29, 0.717) is 13.0 Å². The van der Waals surface area contributed by atoms with Gasteiger partial charge in [0.15, 0.2) is 0 Å². The Balaban J connectivity index is 2.17. The summed E-state index contributed by atoms with van der Waals surface area (Å²) in [6.07, 6.45) is 3.30. The zero-order valence-corrected chi connectivity index (χ0v) is 11.7. The van der Waals surface area contributed by atoms with Crippen molar-refractivity contribution in [2.45, 2.75) is 32.6 Å². The zero-order chi connectivity index (χ0) is 14.8. The van der Waals surface area contributed by atoms with E-state index in [2.05, 4.69) is 17.6 Å². The molecule has 0 saturated carbocycles. The molecule has 0 radical (unpaired) electrons. The number of nitrogens with zero attached hydrogens (tertiary/aromatic N) is 1. The number of nitrogens with one attached hydrogen (secondary N) is 2. The lowest BCUT2D eigenvalue weighted by Crippen LogP contribution is -2.24. The van der Waals surface area contributed by atoms with Gasteiger partial charge in [0.25, 0.3) is 5.69 Å². The molecule has 0 saturated heterocycles. The number of nitro benzene ring substituents is 1. The maximum Gasteiger partial charge on any atom is 0.269 e. The lowest BCUT2D eigenvalue weighted by molar-refractivity contribution is -0.384. The molecule has 0 aliphatic rings. The van der Waals surface area contributed by atoms with E-state index >= 15 is 0 Å². The van der Waals surface area contributed by atoms with E-state index in [-0.39, 0.29) is 11.6 Å². The van der Waals surface area contributed by atoms with E-state index in [1.807, 2.05) is 0 Å². The Kier molecular flexibility index (Phi) is 7.10. The first-order valence-corrected chi connectivity index (χ1v) is 6.88. The smallest absolute Gasteiger partial charge is 0.269 e. The second-order valence-corrected chi connectivity index (χ2v) is 4.54. The summed E-state index contributed by atoms with van der Waals surface area (Å²) in [6.45, 7) is 3.49. The van der Waals surface area contributed by atoms with Gasteiger partial charge in [0, 0.05) is 37.3 Å². The Morgan fingerprint density at radius 3 is 2.50 bits per heavy atom. The number of non-ortho nitro benzene ring substituents is 1. The van der Waals surface area contributed by atoms with Crippen LogP contribution in [0.2, 0.25) is 0 Å². The Labute approximate surface area is 118 Å². The quantitative estimate of drug-likeness (QED) is 0.413. The van der Waals surface area contributed by atoms with Crippen molar-refractivity contribution in [3.63, 3.8) is 0 Å². The summed E-state index contributed by atoms with van der Waals surface area (Å²) in [4.78, 5) is 21.5.